The SMILES string of the molecule is CC(=O)Nc1c(C)cc(N2CCOCC2)cc1C(F)(F)F. The highest BCUT2D eigenvalue weighted by Crippen LogP contribution is 2.39. The van der Waals surface area contributed by atoms with Crippen molar-refractivity contribution >= 4 is 17.3 Å². The molecule has 1 amide bonds. The number of carbonyl (C=O) groups is 1. The Morgan fingerprint density at radius 1 is 1.29 bits per heavy atom. The summed E-state index contributed by atoms with van der Waals surface area (Å²) in [6, 6.07) is 2.75. The lowest BCUT2D eigenvalue weighted by atomic mass is 10.0. The molecule has 2 rings (SSSR count). The molecule has 1 aliphatic rings. The van der Waals surface area contributed by atoms with Crippen LogP contribution in [0.4, 0.5) is 24.5 Å². The molecule has 0 atom stereocenters. The highest BCUT2D eigenvalue weighted by molar-refractivity contribution is 5.91. The third-order valence-electron chi connectivity index (χ3n) is 3.30. The number of rotatable bonds is 2. The monoisotopic (exact) mass is 302 g/mol. The Labute approximate surface area is 120 Å². The summed E-state index contributed by atoms with van der Waals surface area (Å²) in [6.07, 6.45) is -4.52. The molecule has 1 aliphatic heterocycles. The molecule has 1 N–H and O–H groups in total. The molecule has 1 saturated heterocycles. The van der Waals surface area contributed by atoms with Gasteiger partial charge in [0.1, 0.15) is 0 Å². The van der Waals surface area contributed by atoms with Gasteiger partial charge in [-0.1, -0.05) is 0 Å². The normalized spacial score (nSPS) is 16.0. The van der Waals surface area contributed by atoms with Crippen LogP contribution < -0.4 is 10.2 Å². The number of ether oxygens (including phenoxy) is 1. The van der Waals surface area contributed by atoms with E-state index in [1.165, 1.54) is 6.92 Å². The van der Waals surface area contributed by atoms with E-state index in [0.717, 1.165) is 6.07 Å². The van der Waals surface area contributed by atoms with E-state index in [1.54, 1.807) is 13.0 Å². The molecule has 1 heterocycles. The molecule has 7 heteroatoms. The number of anilines is 2. The molecule has 116 valence electrons. The lowest BCUT2D eigenvalue weighted by Crippen LogP contribution is -2.36. The fourth-order valence-corrected chi connectivity index (χ4v) is 2.34. The van der Waals surface area contributed by atoms with Crippen molar-refractivity contribution in [2.24, 2.45) is 0 Å². The molecule has 0 saturated carbocycles. The van der Waals surface area contributed by atoms with E-state index in [1.807, 2.05) is 4.90 Å². The van der Waals surface area contributed by atoms with Crippen molar-refractivity contribution in [3.05, 3.63) is 23.3 Å². The van der Waals surface area contributed by atoms with E-state index in [2.05, 4.69) is 5.32 Å². The summed E-state index contributed by atoms with van der Waals surface area (Å²) in [5.41, 5.74) is -0.107. The summed E-state index contributed by atoms with van der Waals surface area (Å²) in [5, 5.41) is 2.28. The zero-order chi connectivity index (χ0) is 15.6. The predicted octanol–water partition coefficient (Wildman–Crippen LogP) is 2.81. The van der Waals surface area contributed by atoms with E-state index in [0.29, 0.717) is 37.6 Å². The minimum absolute atomic E-state index is 0.174. The number of hydrogen-bond acceptors (Lipinski definition) is 3. The third-order valence-corrected chi connectivity index (χ3v) is 3.30. The number of benzene rings is 1. The first-order valence-corrected chi connectivity index (χ1v) is 6.61. The number of nitrogens with zero attached hydrogens (tertiary/aromatic N) is 1. The zero-order valence-electron chi connectivity index (χ0n) is 11.9. The second-order valence-electron chi connectivity index (χ2n) is 4.96. The molecule has 0 unspecified atom stereocenters. The van der Waals surface area contributed by atoms with Crippen LogP contribution in [0.5, 0.6) is 0 Å². The highest BCUT2D eigenvalue weighted by atomic mass is 19.4. The van der Waals surface area contributed by atoms with Crippen LogP contribution in [-0.4, -0.2) is 32.2 Å². The van der Waals surface area contributed by atoms with Crippen molar-refractivity contribution in [1.29, 1.82) is 0 Å². The first-order chi connectivity index (χ1) is 9.79. The summed E-state index contributed by atoms with van der Waals surface area (Å²) < 4.78 is 44.9. The highest BCUT2D eigenvalue weighted by Gasteiger charge is 2.35. The zero-order valence-corrected chi connectivity index (χ0v) is 11.9. The first-order valence-electron chi connectivity index (χ1n) is 6.61. The Bertz CT molecular complexity index is 538. The van der Waals surface area contributed by atoms with Crippen LogP contribution in [-0.2, 0) is 15.7 Å². The minimum atomic E-state index is -4.52. The largest absolute Gasteiger partial charge is 0.418 e. The number of nitrogens with one attached hydrogen (secondary N) is 1. The fraction of sp³-hybridized carbons (Fsp3) is 0.500. The molecular formula is C14H17F3N2O2. The van der Waals surface area contributed by atoms with Gasteiger partial charge >= 0.3 is 6.18 Å². The van der Waals surface area contributed by atoms with E-state index in [-0.39, 0.29) is 5.69 Å². The van der Waals surface area contributed by atoms with E-state index in [4.69, 9.17) is 4.74 Å². The lowest BCUT2D eigenvalue weighted by molar-refractivity contribution is -0.137. The van der Waals surface area contributed by atoms with Gasteiger partial charge in [-0.15, -0.1) is 0 Å². The Morgan fingerprint density at radius 2 is 1.90 bits per heavy atom. The van der Waals surface area contributed by atoms with Gasteiger partial charge in [-0.05, 0) is 24.6 Å². The summed E-state index contributed by atoms with van der Waals surface area (Å²) in [7, 11) is 0. The van der Waals surface area contributed by atoms with Gasteiger partial charge in [-0.25, -0.2) is 0 Å². The van der Waals surface area contributed by atoms with Crippen LogP contribution in [0.3, 0.4) is 0 Å². The third kappa shape index (κ3) is 3.66. The number of carbonyl (C=O) groups excluding carboxylic acids is 1. The first kappa shape index (κ1) is 15.6. The van der Waals surface area contributed by atoms with Gasteiger partial charge in [-0.3, -0.25) is 4.79 Å². The van der Waals surface area contributed by atoms with E-state index < -0.39 is 17.6 Å². The molecule has 1 aromatic rings. The molecule has 0 aromatic heterocycles. The summed E-state index contributed by atoms with van der Waals surface area (Å²) in [6.45, 7) is 4.84. The molecule has 1 fully saturated rings. The maximum absolute atomic E-state index is 13.2. The van der Waals surface area contributed by atoms with Gasteiger partial charge in [0.15, 0.2) is 0 Å². The van der Waals surface area contributed by atoms with Crippen molar-refractivity contribution < 1.29 is 22.7 Å². The number of amides is 1. The van der Waals surface area contributed by atoms with Gasteiger partial charge in [0.05, 0.1) is 24.5 Å². The van der Waals surface area contributed by atoms with Crippen LogP contribution in [0.25, 0.3) is 0 Å². The smallest absolute Gasteiger partial charge is 0.378 e. The summed E-state index contributed by atoms with van der Waals surface area (Å²) >= 11 is 0. The van der Waals surface area contributed by atoms with Crippen molar-refractivity contribution in [3.8, 4) is 0 Å². The second kappa shape index (κ2) is 5.93. The Morgan fingerprint density at radius 3 is 2.43 bits per heavy atom. The molecule has 1 aromatic carbocycles. The van der Waals surface area contributed by atoms with Crippen molar-refractivity contribution in [3.63, 3.8) is 0 Å². The van der Waals surface area contributed by atoms with E-state index >= 15 is 0 Å². The molecule has 4 nitrogen and oxygen atoms in total. The lowest BCUT2D eigenvalue weighted by Gasteiger charge is -2.30. The summed E-state index contributed by atoms with van der Waals surface area (Å²) in [4.78, 5) is 13.0. The predicted molar refractivity (Wildman–Crippen MR) is 73.5 cm³/mol. The number of morpholine rings is 1. The van der Waals surface area contributed by atoms with Crippen molar-refractivity contribution in [2.75, 3.05) is 36.5 Å². The molecule has 0 radical (unpaired) electrons. The van der Waals surface area contributed by atoms with Gasteiger partial charge in [0.25, 0.3) is 0 Å². The van der Waals surface area contributed by atoms with E-state index in [9.17, 15) is 18.0 Å². The number of aryl methyl sites for hydroxylation is 1. The minimum Gasteiger partial charge on any atom is -0.378 e. The molecule has 0 bridgehead atoms. The number of halogens is 3. The number of hydrogen-bond donors (Lipinski definition) is 1. The van der Waals surface area contributed by atoms with Gasteiger partial charge in [0, 0.05) is 25.7 Å². The molecule has 21 heavy (non-hydrogen) atoms. The standard InChI is InChI=1S/C14H17F3N2O2/c1-9-7-11(19-3-5-21-6-4-19)8-12(14(15,16)17)13(9)18-10(2)20/h7-8H,3-6H2,1-2H3,(H,18,20). The summed E-state index contributed by atoms with van der Waals surface area (Å²) in [5.74, 6) is -0.525. The van der Waals surface area contributed by atoms with Crippen LogP contribution >= 0.6 is 0 Å². The second-order valence-corrected chi connectivity index (χ2v) is 4.96. The Kier molecular flexibility index (Phi) is 4.41. The average Bonchev–Trinajstić information content (AvgIpc) is 2.40. The molecular weight excluding hydrogens is 285 g/mol. The Hall–Kier alpha value is -1.76. The van der Waals surface area contributed by atoms with Gasteiger partial charge in [0.2, 0.25) is 5.91 Å². The topological polar surface area (TPSA) is 41.6 Å². The maximum atomic E-state index is 13.2. The quantitative estimate of drug-likeness (QED) is 0.913. The maximum Gasteiger partial charge on any atom is 0.418 e. The van der Waals surface area contributed by atoms with Crippen molar-refractivity contribution in [1.82, 2.24) is 0 Å². The van der Waals surface area contributed by atoms with Crippen molar-refractivity contribution in [2.45, 2.75) is 20.0 Å². The van der Waals surface area contributed by atoms with Crippen LogP contribution in [0.15, 0.2) is 12.1 Å². The average molecular weight is 302 g/mol. The molecule has 0 spiro atoms. The molecule has 0 aliphatic carbocycles. The van der Waals surface area contributed by atoms with Crippen LogP contribution in [0.1, 0.15) is 18.1 Å². The van der Waals surface area contributed by atoms with Crippen LogP contribution in [0.2, 0.25) is 0 Å². The van der Waals surface area contributed by atoms with Gasteiger partial charge < -0.3 is 15.0 Å². The Balaban J connectivity index is 2.46. The number of alkyl halides is 3. The van der Waals surface area contributed by atoms with Crippen LogP contribution in [0, 0.1) is 6.92 Å². The van der Waals surface area contributed by atoms with Gasteiger partial charge in [-0.2, -0.15) is 13.2 Å². The fourth-order valence-electron chi connectivity index (χ4n) is 2.34.